The van der Waals surface area contributed by atoms with E-state index >= 15 is 0 Å². The van der Waals surface area contributed by atoms with Crippen molar-refractivity contribution >= 4 is 17.3 Å². The van der Waals surface area contributed by atoms with E-state index in [1.807, 2.05) is 6.92 Å². The topological polar surface area (TPSA) is 93.5 Å². The monoisotopic (exact) mass is 293 g/mol. The predicted molar refractivity (Wildman–Crippen MR) is 78.5 cm³/mol. The van der Waals surface area contributed by atoms with Gasteiger partial charge in [-0.25, -0.2) is 0 Å². The molecule has 7 nitrogen and oxygen atoms in total. The van der Waals surface area contributed by atoms with E-state index in [0.29, 0.717) is 31.0 Å². The number of piperidine rings is 1. The summed E-state index contributed by atoms with van der Waals surface area (Å²) in [5.41, 5.74) is 0.472. The van der Waals surface area contributed by atoms with E-state index in [-0.39, 0.29) is 17.6 Å². The molecule has 1 heterocycles. The van der Waals surface area contributed by atoms with Gasteiger partial charge in [0.2, 0.25) is 5.91 Å². The van der Waals surface area contributed by atoms with Crippen LogP contribution < -0.4 is 15.4 Å². The zero-order chi connectivity index (χ0) is 15.2. The lowest BCUT2D eigenvalue weighted by Gasteiger charge is -2.23. The molecular weight excluding hydrogens is 274 g/mol. The van der Waals surface area contributed by atoms with Crippen LogP contribution in [0.15, 0.2) is 18.2 Å². The highest BCUT2D eigenvalue weighted by Gasteiger charge is 2.22. The molecule has 1 saturated heterocycles. The Balaban J connectivity index is 2.18. The van der Waals surface area contributed by atoms with E-state index in [1.165, 1.54) is 12.1 Å². The molecule has 0 aromatic heterocycles. The smallest absolute Gasteiger partial charge is 0.275 e. The number of amides is 1. The number of nitro groups is 1. The van der Waals surface area contributed by atoms with Crippen molar-refractivity contribution < 1.29 is 14.5 Å². The fraction of sp³-hybridized carbons (Fsp3) is 0.500. The summed E-state index contributed by atoms with van der Waals surface area (Å²) in [6.45, 7) is 3.13. The number of ether oxygens (including phenoxy) is 1. The minimum absolute atomic E-state index is 0.0534. The summed E-state index contributed by atoms with van der Waals surface area (Å²) in [6.07, 6.45) is 2.41. The minimum atomic E-state index is -0.467. The number of rotatable bonds is 6. The van der Waals surface area contributed by atoms with Gasteiger partial charge in [0.15, 0.2) is 0 Å². The van der Waals surface area contributed by atoms with Crippen molar-refractivity contribution in [3.05, 3.63) is 28.3 Å². The summed E-state index contributed by atoms with van der Waals surface area (Å²) in [6, 6.07) is 4.13. The molecule has 0 bridgehead atoms. The highest BCUT2D eigenvalue weighted by atomic mass is 16.6. The Kier molecular flexibility index (Phi) is 4.97. The molecule has 0 spiro atoms. The van der Waals surface area contributed by atoms with Crippen molar-refractivity contribution in [2.45, 2.75) is 32.2 Å². The van der Waals surface area contributed by atoms with E-state index in [0.717, 1.165) is 12.8 Å². The molecule has 0 aliphatic carbocycles. The average Bonchev–Trinajstić information content (AvgIpc) is 2.47. The summed E-state index contributed by atoms with van der Waals surface area (Å²) in [5.74, 6) is 0.355. The number of hydrogen-bond donors (Lipinski definition) is 2. The largest absolute Gasteiger partial charge is 0.493 e. The molecule has 1 atom stereocenters. The van der Waals surface area contributed by atoms with Gasteiger partial charge in [-0.15, -0.1) is 0 Å². The lowest BCUT2D eigenvalue weighted by atomic mass is 10.1. The van der Waals surface area contributed by atoms with Crippen molar-refractivity contribution in [1.82, 2.24) is 5.32 Å². The Hall–Kier alpha value is -2.31. The summed E-state index contributed by atoms with van der Waals surface area (Å²) in [4.78, 5) is 22.2. The molecule has 1 aliphatic rings. The number of nitrogens with zero attached hydrogens (tertiary/aromatic N) is 1. The van der Waals surface area contributed by atoms with Gasteiger partial charge in [0, 0.05) is 24.4 Å². The first kappa shape index (κ1) is 15.1. The van der Waals surface area contributed by atoms with Crippen molar-refractivity contribution in [3.63, 3.8) is 0 Å². The maximum absolute atomic E-state index is 11.7. The minimum Gasteiger partial charge on any atom is -0.493 e. The first-order valence-electron chi connectivity index (χ1n) is 7.06. The average molecular weight is 293 g/mol. The van der Waals surface area contributed by atoms with Crippen LogP contribution in [0.5, 0.6) is 5.75 Å². The van der Waals surface area contributed by atoms with Crippen molar-refractivity contribution in [2.24, 2.45) is 0 Å². The second-order valence-electron chi connectivity index (χ2n) is 4.95. The molecule has 114 valence electrons. The Bertz CT molecular complexity index is 533. The van der Waals surface area contributed by atoms with Crippen LogP contribution in [0.2, 0.25) is 0 Å². The standard InChI is InChI=1S/C14H19N3O4/c1-2-6-21-12-8-10(7-11(9-12)17(19)20)16-13-4-3-5-15-14(13)18/h7-9,13,16H,2-6H2,1H3,(H,15,18). The molecule has 1 aromatic rings. The summed E-state index contributed by atoms with van der Waals surface area (Å²) >= 11 is 0. The number of hydrogen-bond acceptors (Lipinski definition) is 5. The number of benzene rings is 1. The van der Waals surface area contributed by atoms with Crippen molar-refractivity contribution in [2.75, 3.05) is 18.5 Å². The molecule has 0 saturated carbocycles. The Morgan fingerprint density at radius 3 is 2.95 bits per heavy atom. The summed E-state index contributed by atoms with van der Waals surface area (Å²) in [5, 5.41) is 16.8. The molecule has 2 rings (SSSR count). The maximum atomic E-state index is 11.7. The van der Waals surface area contributed by atoms with Gasteiger partial charge in [-0.3, -0.25) is 14.9 Å². The summed E-state index contributed by atoms with van der Waals surface area (Å²) in [7, 11) is 0. The second kappa shape index (κ2) is 6.92. The van der Waals surface area contributed by atoms with Gasteiger partial charge in [0.25, 0.3) is 5.69 Å². The third-order valence-electron chi connectivity index (χ3n) is 3.20. The van der Waals surface area contributed by atoms with Crippen LogP contribution in [0, 0.1) is 10.1 Å². The van der Waals surface area contributed by atoms with Gasteiger partial charge < -0.3 is 15.4 Å². The van der Waals surface area contributed by atoms with E-state index < -0.39 is 4.92 Å². The Morgan fingerprint density at radius 2 is 2.29 bits per heavy atom. The van der Waals surface area contributed by atoms with Crippen molar-refractivity contribution in [3.8, 4) is 5.75 Å². The lowest BCUT2D eigenvalue weighted by Crippen LogP contribution is -2.44. The fourth-order valence-electron chi connectivity index (χ4n) is 2.19. The number of anilines is 1. The van der Waals surface area contributed by atoms with Gasteiger partial charge >= 0.3 is 0 Å². The molecule has 1 aliphatic heterocycles. The summed E-state index contributed by atoms with van der Waals surface area (Å²) < 4.78 is 5.46. The number of non-ortho nitro benzene ring substituents is 1. The van der Waals surface area contributed by atoms with Gasteiger partial charge in [0.1, 0.15) is 11.8 Å². The van der Waals surface area contributed by atoms with E-state index in [1.54, 1.807) is 6.07 Å². The van der Waals surface area contributed by atoms with E-state index in [9.17, 15) is 14.9 Å². The highest BCUT2D eigenvalue weighted by molar-refractivity contribution is 5.85. The Labute approximate surface area is 122 Å². The van der Waals surface area contributed by atoms with E-state index in [2.05, 4.69) is 10.6 Å². The number of carbonyl (C=O) groups excluding carboxylic acids is 1. The lowest BCUT2D eigenvalue weighted by molar-refractivity contribution is -0.384. The van der Waals surface area contributed by atoms with Gasteiger partial charge in [-0.05, 0) is 19.3 Å². The first-order chi connectivity index (χ1) is 10.1. The molecule has 2 N–H and O–H groups in total. The maximum Gasteiger partial charge on any atom is 0.275 e. The zero-order valence-electron chi connectivity index (χ0n) is 11.9. The van der Waals surface area contributed by atoms with Crippen LogP contribution in [0.4, 0.5) is 11.4 Å². The molecule has 1 amide bonds. The predicted octanol–water partition coefficient (Wildman–Crippen LogP) is 2.07. The first-order valence-corrected chi connectivity index (χ1v) is 7.06. The number of nitro benzene ring substituents is 1. The van der Waals surface area contributed by atoms with Crippen molar-refractivity contribution in [1.29, 1.82) is 0 Å². The molecule has 21 heavy (non-hydrogen) atoms. The molecule has 1 unspecified atom stereocenters. The third kappa shape index (κ3) is 4.08. The molecule has 7 heteroatoms. The Morgan fingerprint density at radius 1 is 1.48 bits per heavy atom. The van der Waals surface area contributed by atoms with Crippen LogP contribution in [0.3, 0.4) is 0 Å². The van der Waals surface area contributed by atoms with Gasteiger partial charge in [0.05, 0.1) is 17.6 Å². The zero-order valence-corrected chi connectivity index (χ0v) is 11.9. The second-order valence-corrected chi connectivity index (χ2v) is 4.95. The molecule has 0 radical (unpaired) electrons. The van der Waals surface area contributed by atoms with Crippen LogP contribution in [-0.2, 0) is 4.79 Å². The van der Waals surface area contributed by atoms with Crippen LogP contribution in [0.25, 0.3) is 0 Å². The third-order valence-corrected chi connectivity index (χ3v) is 3.20. The van der Waals surface area contributed by atoms with Crippen LogP contribution >= 0.6 is 0 Å². The van der Waals surface area contributed by atoms with E-state index in [4.69, 9.17) is 4.74 Å². The number of carbonyl (C=O) groups is 1. The molecule has 1 fully saturated rings. The quantitative estimate of drug-likeness (QED) is 0.618. The molecular formula is C14H19N3O4. The van der Waals surface area contributed by atoms with Crippen LogP contribution in [-0.4, -0.2) is 30.0 Å². The molecule has 1 aromatic carbocycles. The van der Waals surface area contributed by atoms with Gasteiger partial charge in [-0.2, -0.15) is 0 Å². The normalized spacial score (nSPS) is 18.0. The number of nitrogens with one attached hydrogen (secondary N) is 2. The fourth-order valence-corrected chi connectivity index (χ4v) is 2.19. The van der Waals surface area contributed by atoms with Gasteiger partial charge in [-0.1, -0.05) is 6.92 Å². The van der Waals surface area contributed by atoms with Crippen LogP contribution in [0.1, 0.15) is 26.2 Å². The highest BCUT2D eigenvalue weighted by Crippen LogP contribution is 2.27. The SMILES string of the molecule is CCCOc1cc(NC2CCCNC2=O)cc([N+](=O)[O-])c1.